The van der Waals surface area contributed by atoms with Gasteiger partial charge in [-0.2, -0.15) is 4.98 Å². The summed E-state index contributed by atoms with van der Waals surface area (Å²) in [5.41, 5.74) is 1.56. The highest BCUT2D eigenvalue weighted by atomic mass is 35.5. The van der Waals surface area contributed by atoms with Crippen LogP contribution in [0.25, 0.3) is 11.4 Å². The molecule has 1 aromatic carbocycles. The van der Waals surface area contributed by atoms with Crippen molar-refractivity contribution in [1.29, 1.82) is 0 Å². The molecule has 3 aromatic rings. The van der Waals surface area contributed by atoms with Crippen LogP contribution in [0.5, 0.6) is 0 Å². The summed E-state index contributed by atoms with van der Waals surface area (Å²) < 4.78 is 5.38. The number of hydrogen-bond acceptors (Lipinski definition) is 6. The Morgan fingerprint density at radius 3 is 2.86 bits per heavy atom. The number of aromatic nitrogens is 3. The van der Waals surface area contributed by atoms with Crippen LogP contribution >= 0.6 is 11.6 Å². The Balaban J connectivity index is 1.29. The van der Waals surface area contributed by atoms with E-state index in [0.29, 0.717) is 23.3 Å². The molecule has 1 N–H and O–H groups in total. The molecular weight excluding hydrogens is 378 g/mol. The third-order valence-corrected chi connectivity index (χ3v) is 5.03. The highest BCUT2D eigenvalue weighted by molar-refractivity contribution is 6.30. The Labute approximate surface area is 167 Å². The molecule has 1 fully saturated rings. The van der Waals surface area contributed by atoms with E-state index in [1.807, 2.05) is 24.3 Å². The Morgan fingerprint density at radius 2 is 2.11 bits per heavy atom. The van der Waals surface area contributed by atoms with Crippen LogP contribution < -0.4 is 5.32 Å². The fraction of sp³-hybridized carbons (Fsp3) is 0.300. The highest BCUT2D eigenvalue weighted by Crippen LogP contribution is 2.23. The Bertz CT molecular complexity index is 939. The maximum atomic E-state index is 12.4. The van der Waals surface area contributed by atoms with E-state index < -0.39 is 0 Å². The first-order valence-corrected chi connectivity index (χ1v) is 9.57. The minimum Gasteiger partial charge on any atom is -0.338 e. The van der Waals surface area contributed by atoms with E-state index in [1.165, 1.54) is 0 Å². The molecule has 28 heavy (non-hydrogen) atoms. The molecule has 3 heterocycles. The van der Waals surface area contributed by atoms with Crippen molar-refractivity contribution in [3.05, 3.63) is 59.7 Å². The van der Waals surface area contributed by atoms with Gasteiger partial charge in [-0.25, -0.2) is 0 Å². The predicted molar refractivity (Wildman–Crippen MR) is 106 cm³/mol. The minimum absolute atomic E-state index is 0.00108. The number of nitrogens with one attached hydrogen (secondary N) is 1. The van der Waals surface area contributed by atoms with Crippen LogP contribution in [0.2, 0.25) is 5.02 Å². The third-order valence-electron chi connectivity index (χ3n) is 4.80. The molecule has 1 aliphatic rings. The van der Waals surface area contributed by atoms with Crippen LogP contribution in [0.15, 0.2) is 53.3 Å². The van der Waals surface area contributed by atoms with Crippen molar-refractivity contribution in [3.8, 4) is 11.4 Å². The lowest BCUT2D eigenvalue weighted by atomic mass is 9.96. The number of pyridine rings is 1. The van der Waals surface area contributed by atoms with E-state index in [0.717, 1.165) is 37.2 Å². The van der Waals surface area contributed by atoms with Crippen molar-refractivity contribution in [1.82, 2.24) is 20.0 Å². The average molecular weight is 398 g/mol. The summed E-state index contributed by atoms with van der Waals surface area (Å²) in [6, 6.07) is 11.0. The topological polar surface area (TPSA) is 84.2 Å². The van der Waals surface area contributed by atoms with Crippen LogP contribution in [0.1, 0.15) is 18.7 Å². The summed E-state index contributed by atoms with van der Waals surface area (Å²) in [7, 11) is 0. The fourth-order valence-electron chi connectivity index (χ4n) is 3.29. The normalized spacial score (nSPS) is 15.5. The monoisotopic (exact) mass is 397 g/mol. The maximum Gasteiger partial charge on any atom is 0.241 e. The second kappa shape index (κ2) is 8.50. The minimum atomic E-state index is 0.00108. The third kappa shape index (κ3) is 4.55. The second-order valence-electron chi connectivity index (χ2n) is 6.80. The van der Waals surface area contributed by atoms with Gasteiger partial charge in [-0.1, -0.05) is 28.9 Å². The van der Waals surface area contributed by atoms with Gasteiger partial charge in [0.05, 0.1) is 18.4 Å². The predicted octanol–water partition coefficient (Wildman–Crippen LogP) is 3.64. The molecule has 2 aromatic heterocycles. The molecule has 1 saturated heterocycles. The molecule has 1 amide bonds. The van der Waals surface area contributed by atoms with Crippen molar-refractivity contribution < 1.29 is 9.32 Å². The number of likely N-dealkylation sites (tertiary alicyclic amines) is 1. The van der Waals surface area contributed by atoms with Crippen LogP contribution in [-0.4, -0.2) is 39.0 Å². The lowest BCUT2D eigenvalue weighted by Crippen LogP contribution is -2.37. The number of benzene rings is 1. The van der Waals surface area contributed by atoms with Crippen molar-refractivity contribution in [2.75, 3.05) is 18.4 Å². The summed E-state index contributed by atoms with van der Waals surface area (Å²) in [5, 5.41) is 7.61. The Morgan fingerprint density at radius 1 is 1.25 bits per heavy atom. The molecule has 1 aliphatic heterocycles. The molecule has 0 aliphatic carbocycles. The highest BCUT2D eigenvalue weighted by Gasteiger charge is 2.26. The number of amides is 1. The molecule has 0 radical (unpaired) electrons. The SMILES string of the molecule is O=C(Nc1cccnc1)C1CCN(Cc2nc(-c3cccc(Cl)c3)no2)CC1. The van der Waals surface area contributed by atoms with E-state index in [4.69, 9.17) is 16.1 Å². The number of carbonyl (C=O) groups is 1. The van der Waals surface area contributed by atoms with Gasteiger partial charge >= 0.3 is 0 Å². The average Bonchev–Trinajstić information content (AvgIpc) is 3.18. The van der Waals surface area contributed by atoms with E-state index >= 15 is 0 Å². The van der Waals surface area contributed by atoms with Gasteiger partial charge in [0.25, 0.3) is 0 Å². The fourth-order valence-corrected chi connectivity index (χ4v) is 3.48. The van der Waals surface area contributed by atoms with Gasteiger partial charge in [0.15, 0.2) is 0 Å². The quantitative estimate of drug-likeness (QED) is 0.707. The van der Waals surface area contributed by atoms with Gasteiger partial charge in [0, 0.05) is 22.7 Å². The van der Waals surface area contributed by atoms with E-state index in [9.17, 15) is 4.79 Å². The Kier molecular flexibility index (Phi) is 5.64. The first-order chi connectivity index (χ1) is 13.7. The number of anilines is 1. The smallest absolute Gasteiger partial charge is 0.241 e. The number of nitrogens with zero attached hydrogens (tertiary/aromatic N) is 4. The standard InChI is InChI=1S/C20H20ClN5O2/c21-16-4-1-3-15(11-16)19-24-18(28-25-19)13-26-9-6-14(7-10-26)20(27)23-17-5-2-8-22-12-17/h1-5,8,11-12,14H,6-7,9-10,13H2,(H,23,27). The van der Waals surface area contributed by atoms with Crippen LogP contribution in [0, 0.1) is 5.92 Å². The number of halogens is 1. The molecular formula is C20H20ClN5O2. The molecule has 0 unspecified atom stereocenters. The summed E-state index contributed by atoms with van der Waals surface area (Å²) in [5.74, 6) is 1.14. The lowest BCUT2D eigenvalue weighted by Gasteiger charge is -2.30. The first kappa shape index (κ1) is 18.6. The Hall–Kier alpha value is -2.77. The molecule has 0 atom stereocenters. The van der Waals surface area contributed by atoms with Gasteiger partial charge in [-0.05, 0) is 50.2 Å². The lowest BCUT2D eigenvalue weighted by molar-refractivity contribution is -0.121. The second-order valence-corrected chi connectivity index (χ2v) is 7.24. The molecule has 4 rings (SSSR count). The zero-order valence-electron chi connectivity index (χ0n) is 15.2. The first-order valence-electron chi connectivity index (χ1n) is 9.19. The summed E-state index contributed by atoms with van der Waals surface area (Å²) in [6.07, 6.45) is 4.92. The molecule has 144 valence electrons. The number of hydrogen-bond donors (Lipinski definition) is 1. The number of rotatable bonds is 5. The molecule has 0 spiro atoms. The van der Waals surface area contributed by atoms with Crippen LogP contribution in [0.3, 0.4) is 0 Å². The number of carbonyl (C=O) groups excluding carboxylic acids is 1. The zero-order chi connectivity index (χ0) is 19.3. The van der Waals surface area contributed by atoms with Crippen molar-refractivity contribution >= 4 is 23.2 Å². The summed E-state index contributed by atoms with van der Waals surface area (Å²) in [4.78, 5) is 23.1. The van der Waals surface area contributed by atoms with Gasteiger partial charge in [-0.3, -0.25) is 14.7 Å². The van der Waals surface area contributed by atoms with E-state index in [1.54, 1.807) is 24.5 Å². The molecule has 0 saturated carbocycles. The summed E-state index contributed by atoms with van der Waals surface area (Å²) >= 11 is 6.02. The van der Waals surface area contributed by atoms with Crippen molar-refractivity contribution in [2.24, 2.45) is 5.92 Å². The van der Waals surface area contributed by atoms with Crippen molar-refractivity contribution in [2.45, 2.75) is 19.4 Å². The van der Waals surface area contributed by atoms with Crippen LogP contribution in [-0.2, 0) is 11.3 Å². The summed E-state index contributed by atoms with van der Waals surface area (Å²) in [6.45, 7) is 2.19. The molecule has 7 nitrogen and oxygen atoms in total. The molecule has 8 heteroatoms. The van der Waals surface area contributed by atoms with Gasteiger partial charge in [-0.15, -0.1) is 0 Å². The maximum absolute atomic E-state index is 12.4. The van der Waals surface area contributed by atoms with Gasteiger partial charge < -0.3 is 9.84 Å². The largest absolute Gasteiger partial charge is 0.338 e. The van der Waals surface area contributed by atoms with Crippen molar-refractivity contribution in [3.63, 3.8) is 0 Å². The van der Waals surface area contributed by atoms with E-state index in [2.05, 4.69) is 25.3 Å². The van der Waals surface area contributed by atoms with Gasteiger partial charge in [0.1, 0.15) is 0 Å². The molecule has 0 bridgehead atoms. The van der Waals surface area contributed by atoms with Crippen LogP contribution in [0.4, 0.5) is 5.69 Å². The van der Waals surface area contributed by atoms with E-state index in [-0.39, 0.29) is 11.8 Å². The zero-order valence-corrected chi connectivity index (χ0v) is 16.0. The number of piperidine rings is 1. The van der Waals surface area contributed by atoms with Gasteiger partial charge in [0.2, 0.25) is 17.6 Å².